The number of hydrogen-bond acceptors (Lipinski definition) is 4. The van der Waals surface area contributed by atoms with Gasteiger partial charge >= 0.3 is 6.16 Å². The van der Waals surface area contributed by atoms with Crippen LogP contribution >= 0.6 is 23.2 Å². The predicted molar refractivity (Wildman–Crippen MR) is 122 cm³/mol. The molecule has 31 heavy (non-hydrogen) atoms. The van der Waals surface area contributed by atoms with Gasteiger partial charge in [0.05, 0.1) is 5.57 Å². The van der Waals surface area contributed by atoms with Crippen molar-refractivity contribution < 1.29 is 24.2 Å². The smallest absolute Gasteiger partial charge is 0.449 e. The number of ether oxygens (including phenoxy) is 2. The van der Waals surface area contributed by atoms with Gasteiger partial charge in [-0.3, -0.25) is 4.79 Å². The van der Waals surface area contributed by atoms with Gasteiger partial charge in [0.25, 0.3) is 0 Å². The van der Waals surface area contributed by atoms with Gasteiger partial charge in [-0.15, -0.1) is 0 Å². The van der Waals surface area contributed by atoms with Gasteiger partial charge < -0.3 is 14.6 Å². The summed E-state index contributed by atoms with van der Waals surface area (Å²) in [6.07, 6.45) is -0.880. The van der Waals surface area contributed by atoms with Crippen LogP contribution in [0.15, 0.2) is 42.2 Å². The summed E-state index contributed by atoms with van der Waals surface area (Å²) in [5.74, 6) is -0.379. The van der Waals surface area contributed by atoms with Crippen molar-refractivity contribution in [2.24, 2.45) is 0 Å². The first-order chi connectivity index (χ1) is 14.4. The van der Waals surface area contributed by atoms with Crippen LogP contribution in [0.5, 0.6) is 0 Å². The standard InChI is InChI=1S/C24H24Cl2O5/c1-6-13-7-8-14(16-10-9-15(25)12-18(16)26)11-17(13)19-20(27)23(2,3)31-24(4,5)21(19)30-22(28)29/h7-12H,6H2,1-5H3,(H,28,29). The maximum absolute atomic E-state index is 13.5. The van der Waals surface area contributed by atoms with Gasteiger partial charge in [0, 0.05) is 15.6 Å². The molecule has 2 aromatic carbocycles. The van der Waals surface area contributed by atoms with Gasteiger partial charge in [-0.1, -0.05) is 48.3 Å². The van der Waals surface area contributed by atoms with Crippen molar-refractivity contribution in [1.29, 1.82) is 0 Å². The Balaban J connectivity index is 2.34. The van der Waals surface area contributed by atoms with Gasteiger partial charge in [0.2, 0.25) is 0 Å². The topological polar surface area (TPSA) is 72.8 Å². The van der Waals surface area contributed by atoms with E-state index in [-0.39, 0.29) is 17.1 Å². The zero-order valence-corrected chi connectivity index (χ0v) is 19.5. The summed E-state index contributed by atoms with van der Waals surface area (Å²) in [7, 11) is 0. The number of hydrogen-bond donors (Lipinski definition) is 1. The molecule has 1 aliphatic rings. The Morgan fingerprint density at radius 2 is 1.71 bits per heavy atom. The van der Waals surface area contributed by atoms with E-state index in [2.05, 4.69) is 0 Å². The molecule has 0 fully saturated rings. The molecule has 5 nitrogen and oxygen atoms in total. The highest BCUT2D eigenvalue weighted by Crippen LogP contribution is 2.43. The van der Waals surface area contributed by atoms with E-state index in [1.807, 2.05) is 25.1 Å². The molecule has 2 aromatic rings. The summed E-state index contributed by atoms with van der Waals surface area (Å²) in [6.45, 7) is 8.67. The fraction of sp³-hybridized carbons (Fsp3) is 0.333. The number of carboxylic acid groups (broad SMARTS) is 1. The zero-order valence-electron chi connectivity index (χ0n) is 18.0. The molecular formula is C24H24Cl2O5. The Kier molecular flexibility index (Phi) is 6.25. The molecule has 0 aromatic heterocycles. The Hall–Kier alpha value is -2.34. The number of Topliss-reactive ketones (excluding diaryl/α,β-unsaturated/α-hetero) is 1. The molecule has 0 saturated heterocycles. The molecule has 1 heterocycles. The van der Waals surface area contributed by atoms with Crippen LogP contribution in [-0.2, 0) is 20.7 Å². The average molecular weight is 463 g/mol. The first-order valence-corrected chi connectivity index (χ1v) is 10.6. The Morgan fingerprint density at radius 3 is 2.29 bits per heavy atom. The fourth-order valence-corrected chi connectivity index (χ4v) is 4.47. The van der Waals surface area contributed by atoms with Crippen molar-refractivity contribution in [3.63, 3.8) is 0 Å². The molecular weight excluding hydrogens is 439 g/mol. The number of aryl methyl sites for hydroxylation is 1. The van der Waals surface area contributed by atoms with Crippen LogP contribution in [-0.4, -0.2) is 28.2 Å². The van der Waals surface area contributed by atoms with Crippen LogP contribution in [0.25, 0.3) is 16.7 Å². The molecule has 0 aliphatic carbocycles. The minimum Gasteiger partial charge on any atom is -0.449 e. The van der Waals surface area contributed by atoms with Crippen molar-refractivity contribution in [2.45, 2.75) is 52.2 Å². The number of ketones is 1. The van der Waals surface area contributed by atoms with Crippen LogP contribution in [0.2, 0.25) is 10.0 Å². The summed E-state index contributed by atoms with van der Waals surface area (Å²) >= 11 is 12.4. The van der Waals surface area contributed by atoms with E-state index in [0.717, 1.165) is 16.7 Å². The highest BCUT2D eigenvalue weighted by Gasteiger charge is 2.49. The van der Waals surface area contributed by atoms with E-state index < -0.39 is 17.4 Å². The summed E-state index contributed by atoms with van der Waals surface area (Å²) in [5.41, 5.74) is 0.884. The summed E-state index contributed by atoms with van der Waals surface area (Å²) in [4.78, 5) is 24.9. The molecule has 0 unspecified atom stereocenters. The third-order valence-electron chi connectivity index (χ3n) is 5.25. The van der Waals surface area contributed by atoms with Crippen LogP contribution in [0, 0.1) is 0 Å². The predicted octanol–water partition coefficient (Wildman–Crippen LogP) is 6.79. The quantitative estimate of drug-likeness (QED) is 0.506. The van der Waals surface area contributed by atoms with Crippen LogP contribution < -0.4 is 0 Å². The molecule has 1 N–H and O–H groups in total. The highest BCUT2D eigenvalue weighted by atomic mass is 35.5. The second kappa shape index (κ2) is 8.30. The van der Waals surface area contributed by atoms with Gasteiger partial charge in [-0.05, 0) is 69.0 Å². The highest BCUT2D eigenvalue weighted by molar-refractivity contribution is 6.36. The largest absolute Gasteiger partial charge is 0.511 e. The van der Waals surface area contributed by atoms with Crippen molar-refractivity contribution >= 4 is 40.7 Å². The SMILES string of the molecule is CCc1ccc(-c2ccc(Cl)cc2Cl)cc1C1=C(OC(=O)O)C(C)(C)OC(C)(C)C1=O. The lowest BCUT2D eigenvalue weighted by Crippen LogP contribution is -2.50. The Labute approximate surface area is 191 Å². The molecule has 0 radical (unpaired) electrons. The van der Waals surface area contributed by atoms with Crippen LogP contribution in [0.3, 0.4) is 0 Å². The number of halogens is 2. The minimum absolute atomic E-state index is 0.0293. The van der Waals surface area contributed by atoms with E-state index in [0.29, 0.717) is 22.0 Å². The van der Waals surface area contributed by atoms with E-state index >= 15 is 0 Å². The molecule has 0 atom stereocenters. The monoisotopic (exact) mass is 462 g/mol. The third kappa shape index (κ3) is 4.49. The maximum Gasteiger partial charge on any atom is 0.511 e. The van der Waals surface area contributed by atoms with E-state index in [1.165, 1.54) is 0 Å². The van der Waals surface area contributed by atoms with Crippen molar-refractivity contribution in [3.05, 3.63) is 63.3 Å². The van der Waals surface area contributed by atoms with Crippen LogP contribution in [0.1, 0.15) is 45.7 Å². The number of carbonyl (C=O) groups is 2. The summed E-state index contributed by atoms with van der Waals surface area (Å²) in [5, 5.41) is 10.3. The lowest BCUT2D eigenvalue weighted by molar-refractivity contribution is -0.158. The van der Waals surface area contributed by atoms with Gasteiger partial charge in [0.1, 0.15) is 11.2 Å². The minimum atomic E-state index is -1.51. The zero-order chi connectivity index (χ0) is 23.1. The number of benzene rings is 2. The first kappa shape index (κ1) is 23.3. The molecule has 1 aliphatic heterocycles. The van der Waals surface area contributed by atoms with E-state index in [4.69, 9.17) is 32.7 Å². The van der Waals surface area contributed by atoms with Gasteiger partial charge in [-0.2, -0.15) is 0 Å². The van der Waals surface area contributed by atoms with Crippen molar-refractivity contribution in [3.8, 4) is 11.1 Å². The lowest BCUT2D eigenvalue weighted by atomic mass is 9.80. The van der Waals surface area contributed by atoms with Gasteiger partial charge in [0.15, 0.2) is 11.5 Å². The fourth-order valence-electron chi connectivity index (χ4n) is 3.95. The normalized spacial score (nSPS) is 17.6. The Bertz CT molecular complexity index is 1100. The second-order valence-corrected chi connectivity index (χ2v) is 9.22. The molecule has 0 saturated carbocycles. The van der Waals surface area contributed by atoms with Crippen molar-refractivity contribution in [1.82, 2.24) is 0 Å². The third-order valence-corrected chi connectivity index (χ3v) is 5.80. The lowest BCUT2D eigenvalue weighted by Gasteiger charge is -2.41. The maximum atomic E-state index is 13.5. The molecule has 0 amide bonds. The summed E-state index contributed by atoms with van der Waals surface area (Å²) < 4.78 is 11.1. The average Bonchev–Trinajstić information content (AvgIpc) is 2.65. The molecule has 0 spiro atoms. The first-order valence-electron chi connectivity index (χ1n) is 9.86. The van der Waals surface area contributed by atoms with Crippen LogP contribution in [0.4, 0.5) is 4.79 Å². The summed E-state index contributed by atoms with van der Waals surface area (Å²) in [6, 6.07) is 10.8. The van der Waals surface area contributed by atoms with Gasteiger partial charge in [-0.25, -0.2) is 4.79 Å². The van der Waals surface area contributed by atoms with E-state index in [1.54, 1.807) is 45.9 Å². The van der Waals surface area contributed by atoms with Crippen molar-refractivity contribution in [2.75, 3.05) is 0 Å². The number of rotatable bonds is 4. The molecule has 0 bridgehead atoms. The Morgan fingerprint density at radius 1 is 1.03 bits per heavy atom. The molecule has 7 heteroatoms. The van der Waals surface area contributed by atoms with E-state index in [9.17, 15) is 14.7 Å². The second-order valence-electron chi connectivity index (χ2n) is 8.37. The number of carbonyl (C=O) groups excluding carboxylic acids is 1. The molecule has 164 valence electrons. The molecule has 3 rings (SSSR count).